The number of aliphatic hydroxyl groups is 1. The molecule has 0 aliphatic carbocycles. The van der Waals surface area contributed by atoms with Crippen molar-refractivity contribution < 1.29 is 18.3 Å². The molecule has 7 heteroatoms. The highest BCUT2D eigenvalue weighted by atomic mass is 127. The van der Waals surface area contributed by atoms with Gasteiger partial charge in [-0.1, -0.05) is 18.2 Å². The molecule has 0 aliphatic rings. The van der Waals surface area contributed by atoms with Gasteiger partial charge in [0, 0.05) is 0 Å². The summed E-state index contributed by atoms with van der Waals surface area (Å²) in [6, 6.07) is 4.98. The van der Waals surface area contributed by atoms with E-state index in [4.69, 9.17) is 0 Å². The van der Waals surface area contributed by atoms with Gasteiger partial charge in [0.15, 0.2) is 0 Å². The van der Waals surface area contributed by atoms with Gasteiger partial charge in [0.2, 0.25) is 0 Å². The van der Waals surface area contributed by atoms with Gasteiger partial charge >= 0.3 is 6.18 Å². The van der Waals surface area contributed by atoms with Gasteiger partial charge in [-0.2, -0.15) is 13.2 Å². The molecule has 0 aliphatic heterocycles. The quantitative estimate of drug-likeness (QED) is 0.797. The second kappa shape index (κ2) is 5.14. The third-order valence-corrected chi connectivity index (χ3v) is 4.07. The molecule has 18 heavy (non-hydrogen) atoms. The highest BCUT2D eigenvalue weighted by Crippen LogP contribution is 2.37. The van der Waals surface area contributed by atoms with Gasteiger partial charge in [0.1, 0.15) is 11.1 Å². The molecule has 0 bridgehead atoms. The van der Waals surface area contributed by atoms with Crippen molar-refractivity contribution in [1.82, 2.24) is 4.98 Å². The summed E-state index contributed by atoms with van der Waals surface area (Å²) in [6.45, 7) is 0. The second-order valence-corrected chi connectivity index (χ2v) is 6.45. The Bertz CT molecular complexity index is 555. The molecule has 0 amide bonds. The molecule has 2 nitrogen and oxygen atoms in total. The molecule has 0 spiro atoms. The van der Waals surface area contributed by atoms with Crippen LogP contribution >= 0.6 is 33.9 Å². The minimum atomic E-state index is -4.48. The number of alkyl halides is 3. The SMILES string of the molecule is OC(c1ncc(I)s1)c1ccccc1C(F)(F)F. The van der Waals surface area contributed by atoms with Crippen LogP contribution < -0.4 is 0 Å². The van der Waals surface area contributed by atoms with Crippen LogP contribution in [0.3, 0.4) is 0 Å². The first-order valence-electron chi connectivity index (χ1n) is 4.85. The van der Waals surface area contributed by atoms with Gasteiger partial charge in [-0.25, -0.2) is 4.98 Å². The van der Waals surface area contributed by atoms with Crippen LogP contribution in [0.2, 0.25) is 0 Å². The van der Waals surface area contributed by atoms with E-state index in [-0.39, 0.29) is 10.6 Å². The Labute approximate surface area is 119 Å². The molecule has 1 aromatic heterocycles. The van der Waals surface area contributed by atoms with Crippen LogP contribution in [0, 0.1) is 2.88 Å². The van der Waals surface area contributed by atoms with Gasteiger partial charge in [-0.15, -0.1) is 11.3 Å². The topological polar surface area (TPSA) is 33.1 Å². The zero-order chi connectivity index (χ0) is 13.3. The second-order valence-electron chi connectivity index (χ2n) is 3.49. The molecule has 0 saturated carbocycles. The van der Waals surface area contributed by atoms with E-state index in [0.29, 0.717) is 0 Å². The summed E-state index contributed by atoms with van der Waals surface area (Å²) in [7, 11) is 0. The van der Waals surface area contributed by atoms with Crippen molar-refractivity contribution in [3.8, 4) is 0 Å². The smallest absolute Gasteiger partial charge is 0.381 e. The summed E-state index contributed by atoms with van der Waals surface area (Å²) in [5.41, 5.74) is -1.00. The Kier molecular flexibility index (Phi) is 3.93. The highest BCUT2D eigenvalue weighted by Gasteiger charge is 2.35. The van der Waals surface area contributed by atoms with Crippen molar-refractivity contribution in [2.75, 3.05) is 0 Å². The van der Waals surface area contributed by atoms with Crippen LogP contribution in [0.4, 0.5) is 13.2 Å². The third kappa shape index (κ3) is 2.83. The molecular formula is C11H7F3INOS. The molecule has 1 atom stereocenters. The molecule has 1 aromatic carbocycles. The van der Waals surface area contributed by atoms with Crippen LogP contribution in [0.5, 0.6) is 0 Å². The first-order valence-corrected chi connectivity index (χ1v) is 6.74. The fourth-order valence-corrected chi connectivity index (χ4v) is 2.99. The normalized spacial score (nSPS) is 13.6. The Balaban J connectivity index is 2.45. The zero-order valence-corrected chi connectivity index (χ0v) is 11.8. The molecule has 0 radical (unpaired) electrons. The van der Waals surface area contributed by atoms with E-state index < -0.39 is 17.8 Å². The Morgan fingerprint density at radius 1 is 1.28 bits per heavy atom. The first-order chi connectivity index (χ1) is 8.39. The van der Waals surface area contributed by atoms with Crippen molar-refractivity contribution in [2.45, 2.75) is 12.3 Å². The molecule has 1 N–H and O–H groups in total. The summed E-state index contributed by atoms with van der Waals surface area (Å²) in [5, 5.41) is 10.3. The molecule has 2 aromatic rings. The maximum atomic E-state index is 12.8. The van der Waals surface area contributed by atoms with Crippen LogP contribution in [0.15, 0.2) is 30.5 Å². The molecular weight excluding hydrogens is 378 g/mol. The highest BCUT2D eigenvalue weighted by molar-refractivity contribution is 14.1. The van der Waals surface area contributed by atoms with Crippen LogP contribution in [0.1, 0.15) is 22.2 Å². The molecule has 2 rings (SSSR count). The van der Waals surface area contributed by atoms with Crippen molar-refractivity contribution in [2.24, 2.45) is 0 Å². The lowest BCUT2D eigenvalue weighted by molar-refractivity contribution is -0.139. The fraction of sp³-hybridized carbons (Fsp3) is 0.182. The first kappa shape index (κ1) is 13.8. The number of aliphatic hydroxyl groups excluding tert-OH is 1. The number of aromatic nitrogens is 1. The third-order valence-electron chi connectivity index (χ3n) is 2.29. The Morgan fingerprint density at radius 2 is 1.94 bits per heavy atom. The van der Waals surface area contributed by atoms with Crippen LogP contribution in [0.25, 0.3) is 0 Å². The predicted molar refractivity (Wildman–Crippen MR) is 70.3 cm³/mol. The number of thiazole rings is 1. The van der Waals surface area contributed by atoms with Crippen LogP contribution in [-0.2, 0) is 6.18 Å². The maximum absolute atomic E-state index is 12.8. The predicted octanol–water partition coefficient (Wildman–Crippen LogP) is 3.85. The number of hydrogen-bond donors (Lipinski definition) is 1. The molecule has 96 valence electrons. The largest absolute Gasteiger partial charge is 0.416 e. The minimum Gasteiger partial charge on any atom is -0.381 e. The van der Waals surface area contributed by atoms with Crippen molar-refractivity contribution in [3.63, 3.8) is 0 Å². The Morgan fingerprint density at radius 3 is 2.50 bits per heavy atom. The molecule has 0 fully saturated rings. The van der Waals surface area contributed by atoms with Gasteiger partial charge in [0.25, 0.3) is 0 Å². The van der Waals surface area contributed by atoms with E-state index in [0.717, 1.165) is 8.95 Å². The van der Waals surface area contributed by atoms with Gasteiger partial charge in [0.05, 0.1) is 14.6 Å². The standard InChI is InChI=1S/C11H7F3INOS/c12-11(13,14)7-4-2-1-3-6(7)9(17)10-16-5-8(15)18-10/h1-5,9,17H. The van der Waals surface area contributed by atoms with Crippen molar-refractivity contribution in [1.29, 1.82) is 0 Å². The summed E-state index contributed by atoms with van der Waals surface area (Å²) in [6.07, 6.45) is -4.32. The maximum Gasteiger partial charge on any atom is 0.416 e. The summed E-state index contributed by atoms with van der Waals surface area (Å²) >= 11 is 3.17. The van der Waals surface area contributed by atoms with Gasteiger partial charge < -0.3 is 5.11 Å². The van der Waals surface area contributed by atoms with Crippen molar-refractivity contribution in [3.05, 3.63) is 49.5 Å². The molecule has 1 unspecified atom stereocenters. The number of halogens is 4. The van der Waals surface area contributed by atoms with E-state index >= 15 is 0 Å². The number of benzene rings is 1. The lowest BCUT2D eigenvalue weighted by Gasteiger charge is -2.15. The average Bonchev–Trinajstić information content (AvgIpc) is 2.74. The lowest BCUT2D eigenvalue weighted by atomic mass is 10.0. The Hall–Kier alpha value is -0.670. The lowest BCUT2D eigenvalue weighted by Crippen LogP contribution is -2.12. The summed E-state index contributed by atoms with van der Waals surface area (Å²) < 4.78 is 39.2. The summed E-state index contributed by atoms with van der Waals surface area (Å²) in [5.74, 6) is 0. The van der Waals surface area contributed by atoms with Gasteiger partial charge in [-0.3, -0.25) is 0 Å². The van der Waals surface area contributed by atoms with Crippen LogP contribution in [-0.4, -0.2) is 10.1 Å². The fourth-order valence-electron chi connectivity index (χ4n) is 1.52. The number of rotatable bonds is 2. The summed E-state index contributed by atoms with van der Waals surface area (Å²) in [4.78, 5) is 3.91. The van der Waals surface area contributed by atoms with E-state index in [1.807, 2.05) is 22.6 Å². The minimum absolute atomic E-state index is 0.171. The zero-order valence-electron chi connectivity index (χ0n) is 8.78. The molecule has 0 saturated heterocycles. The van der Waals surface area contributed by atoms with E-state index in [1.54, 1.807) is 0 Å². The van der Waals surface area contributed by atoms with E-state index in [1.165, 1.54) is 35.7 Å². The number of hydrogen-bond acceptors (Lipinski definition) is 3. The molecule has 1 heterocycles. The van der Waals surface area contributed by atoms with E-state index in [9.17, 15) is 18.3 Å². The monoisotopic (exact) mass is 385 g/mol. The average molecular weight is 385 g/mol. The number of nitrogens with zero attached hydrogens (tertiary/aromatic N) is 1. The van der Waals surface area contributed by atoms with E-state index in [2.05, 4.69) is 4.98 Å². The van der Waals surface area contributed by atoms with Gasteiger partial charge in [-0.05, 0) is 34.2 Å². The van der Waals surface area contributed by atoms with Crippen molar-refractivity contribution >= 4 is 33.9 Å².